The van der Waals surface area contributed by atoms with Crippen LogP contribution in [0.5, 0.6) is 0 Å². The number of amides is 1. The number of hydrogen-bond donors (Lipinski definition) is 0. The minimum atomic E-state index is -0.488. The first-order valence-corrected chi connectivity index (χ1v) is 9.11. The summed E-state index contributed by atoms with van der Waals surface area (Å²) in [7, 11) is 1.81. The highest BCUT2D eigenvalue weighted by Gasteiger charge is 2.59. The molecule has 0 unspecified atom stereocenters. The maximum atomic E-state index is 13.9. The molecular formula is C18H17BrFN3O. The first kappa shape index (κ1) is 14.8. The molecule has 5 rings (SSSR count). The van der Waals surface area contributed by atoms with Crippen molar-refractivity contribution in [1.82, 2.24) is 9.88 Å². The highest BCUT2D eigenvalue weighted by molar-refractivity contribution is 9.10. The Balaban J connectivity index is 1.68. The summed E-state index contributed by atoms with van der Waals surface area (Å²) in [5, 5.41) is 0.881. The first-order valence-electron chi connectivity index (χ1n) is 8.32. The third-order valence-corrected chi connectivity index (χ3v) is 6.59. The molecule has 0 atom stereocenters. The van der Waals surface area contributed by atoms with Gasteiger partial charge in [-0.1, -0.05) is 6.42 Å². The summed E-state index contributed by atoms with van der Waals surface area (Å²) in [6.45, 7) is 1.53. The number of benzene rings is 1. The lowest BCUT2D eigenvalue weighted by Gasteiger charge is -2.53. The van der Waals surface area contributed by atoms with E-state index in [2.05, 4.69) is 25.8 Å². The zero-order valence-corrected chi connectivity index (χ0v) is 14.9. The largest absolute Gasteiger partial charge is 0.313 e. The quantitative estimate of drug-likeness (QED) is 0.751. The number of anilines is 1. The molecule has 1 aromatic heterocycles. The molecule has 6 heteroatoms. The van der Waals surface area contributed by atoms with Gasteiger partial charge in [0, 0.05) is 43.2 Å². The molecular weight excluding hydrogens is 373 g/mol. The van der Waals surface area contributed by atoms with Gasteiger partial charge in [0.1, 0.15) is 11.2 Å². The molecule has 24 heavy (non-hydrogen) atoms. The van der Waals surface area contributed by atoms with Crippen molar-refractivity contribution in [3.8, 4) is 0 Å². The molecule has 2 aliphatic heterocycles. The third kappa shape index (κ3) is 1.70. The minimum absolute atomic E-state index is 0.142. The normalized spacial score (nSPS) is 22.8. The monoisotopic (exact) mass is 389 g/mol. The van der Waals surface area contributed by atoms with E-state index < -0.39 is 5.41 Å². The topological polar surface area (TPSA) is 36.4 Å². The fourth-order valence-electron chi connectivity index (χ4n) is 4.42. The molecule has 2 aromatic rings. The SMILES string of the molecule is CN1C(=O)C2(CN(C3CCC3)C2)c2c1cnc1cc(F)c(Br)cc21. The average molecular weight is 390 g/mol. The van der Waals surface area contributed by atoms with Crippen LogP contribution in [0.25, 0.3) is 10.9 Å². The molecule has 1 spiro atoms. The number of fused-ring (bicyclic) bond motifs is 4. The Morgan fingerprint density at radius 1 is 1.33 bits per heavy atom. The molecule has 0 bridgehead atoms. The van der Waals surface area contributed by atoms with E-state index in [0.29, 0.717) is 16.0 Å². The van der Waals surface area contributed by atoms with E-state index in [1.165, 1.54) is 25.3 Å². The average Bonchev–Trinajstić information content (AvgIpc) is 2.69. The van der Waals surface area contributed by atoms with E-state index in [0.717, 1.165) is 29.7 Å². The molecule has 3 aliphatic rings. The fourth-order valence-corrected chi connectivity index (χ4v) is 4.77. The number of carbonyl (C=O) groups excluding carboxylic acids is 1. The molecule has 124 valence electrons. The van der Waals surface area contributed by atoms with Crippen LogP contribution in [0.15, 0.2) is 22.8 Å². The van der Waals surface area contributed by atoms with Crippen LogP contribution in [0.4, 0.5) is 10.1 Å². The zero-order chi connectivity index (χ0) is 16.6. The Morgan fingerprint density at radius 3 is 2.75 bits per heavy atom. The Labute approximate surface area is 147 Å². The van der Waals surface area contributed by atoms with Crippen molar-refractivity contribution < 1.29 is 9.18 Å². The van der Waals surface area contributed by atoms with Gasteiger partial charge in [-0.15, -0.1) is 0 Å². The zero-order valence-electron chi connectivity index (χ0n) is 13.4. The summed E-state index contributed by atoms with van der Waals surface area (Å²) in [6.07, 6.45) is 5.48. The van der Waals surface area contributed by atoms with Crippen molar-refractivity contribution in [2.24, 2.45) is 0 Å². The van der Waals surface area contributed by atoms with E-state index in [1.807, 2.05) is 7.05 Å². The molecule has 0 N–H and O–H groups in total. The van der Waals surface area contributed by atoms with Crippen molar-refractivity contribution in [2.75, 3.05) is 25.0 Å². The smallest absolute Gasteiger partial charge is 0.240 e. The molecule has 1 aromatic carbocycles. The molecule has 1 amide bonds. The van der Waals surface area contributed by atoms with Gasteiger partial charge in [0.25, 0.3) is 0 Å². The van der Waals surface area contributed by atoms with Crippen LogP contribution in [-0.4, -0.2) is 42.0 Å². The first-order chi connectivity index (χ1) is 11.5. The lowest BCUT2D eigenvalue weighted by atomic mass is 9.71. The summed E-state index contributed by atoms with van der Waals surface area (Å²) in [4.78, 5) is 21.5. The number of likely N-dealkylation sites (tertiary alicyclic amines) is 1. The summed E-state index contributed by atoms with van der Waals surface area (Å²) in [5.41, 5.74) is 2.01. The summed E-state index contributed by atoms with van der Waals surface area (Å²) in [6, 6.07) is 3.85. The number of rotatable bonds is 1. The predicted molar refractivity (Wildman–Crippen MR) is 93.7 cm³/mol. The van der Waals surface area contributed by atoms with E-state index in [-0.39, 0.29) is 11.7 Å². The Kier molecular flexibility index (Phi) is 2.93. The van der Waals surface area contributed by atoms with Crippen molar-refractivity contribution in [3.05, 3.63) is 34.2 Å². The van der Waals surface area contributed by atoms with Crippen LogP contribution in [0, 0.1) is 5.82 Å². The van der Waals surface area contributed by atoms with Crippen LogP contribution in [0.1, 0.15) is 24.8 Å². The van der Waals surface area contributed by atoms with Gasteiger partial charge in [0.15, 0.2) is 0 Å². The number of nitrogens with zero attached hydrogens (tertiary/aromatic N) is 3. The van der Waals surface area contributed by atoms with Gasteiger partial charge in [-0.25, -0.2) is 4.39 Å². The number of halogens is 2. The molecule has 1 saturated heterocycles. The lowest BCUT2D eigenvalue weighted by Crippen LogP contribution is -2.67. The number of hydrogen-bond acceptors (Lipinski definition) is 3. The second kappa shape index (κ2) is 4.76. The van der Waals surface area contributed by atoms with Gasteiger partial charge in [-0.05, 0) is 34.8 Å². The molecule has 0 radical (unpaired) electrons. The van der Waals surface area contributed by atoms with Gasteiger partial charge in [-0.3, -0.25) is 14.7 Å². The van der Waals surface area contributed by atoms with Crippen LogP contribution in [0.3, 0.4) is 0 Å². The van der Waals surface area contributed by atoms with Crippen LogP contribution in [0.2, 0.25) is 0 Å². The lowest BCUT2D eigenvalue weighted by molar-refractivity contribution is -0.131. The van der Waals surface area contributed by atoms with E-state index in [9.17, 15) is 9.18 Å². The minimum Gasteiger partial charge on any atom is -0.313 e. The van der Waals surface area contributed by atoms with Crippen molar-refractivity contribution in [1.29, 1.82) is 0 Å². The number of pyridine rings is 1. The number of aromatic nitrogens is 1. The van der Waals surface area contributed by atoms with Crippen LogP contribution in [-0.2, 0) is 10.2 Å². The number of likely N-dealkylation sites (N-methyl/N-ethyl adjacent to an activating group) is 1. The highest BCUT2D eigenvalue weighted by atomic mass is 79.9. The summed E-state index contributed by atoms with van der Waals surface area (Å²) < 4.78 is 14.3. The molecule has 1 saturated carbocycles. The van der Waals surface area contributed by atoms with Crippen LogP contribution >= 0.6 is 15.9 Å². The fraction of sp³-hybridized carbons (Fsp3) is 0.444. The standard InChI is InChI=1S/C18H17BrFN3O/c1-22-15-7-21-14-6-13(20)12(19)5-11(14)16(15)18(17(22)24)8-23(9-18)10-3-2-4-10/h5-7,10H,2-4,8-9H2,1H3. The molecule has 2 fully saturated rings. The second-order valence-electron chi connectivity index (χ2n) is 7.24. The molecule has 3 heterocycles. The maximum absolute atomic E-state index is 13.9. The van der Waals surface area contributed by atoms with Crippen molar-refractivity contribution in [3.63, 3.8) is 0 Å². The van der Waals surface area contributed by atoms with Gasteiger partial charge in [0.05, 0.1) is 21.9 Å². The third-order valence-electron chi connectivity index (χ3n) is 5.98. The van der Waals surface area contributed by atoms with Crippen LogP contribution < -0.4 is 4.90 Å². The van der Waals surface area contributed by atoms with E-state index in [1.54, 1.807) is 17.2 Å². The summed E-state index contributed by atoms with van der Waals surface area (Å²) >= 11 is 3.28. The van der Waals surface area contributed by atoms with E-state index >= 15 is 0 Å². The molecule has 4 nitrogen and oxygen atoms in total. The Bertz CT molecular complexity index is 889. The van der Waals surface area contributed by atoms with Gasteiger partial charge in [-0.2, -0.15) is 0 Å². The molecule has 1 aliphatic carbocycles. The van der Waals surface area contributed by atoms with Gasteiger partial charge < -0.3 is 4.90 Å². The van der Waals surface area contributed by atoms with Gasteiger partial charge >= 0.3 is 0 Å². The summed E-state index contributed by atoms with van der Waals surface area (Å²) in [5.74, 6) is -0.186. The second-order valence-corrected chi connectivity index (χ2v) is 8.09. The Morgan fingerprint density at radius 2 is 2.08 bits per heavy atom. The highest BCUT2D eigenvalue weighted by Crippen LogP contribution is 2.51. The van der Waals surface area contributed by atoms with Gasteiger partial charge in [0.2, 0.25) is 5.91 Å². The maximum Gasteiger partial charge on any atom is 0.240 e. The Hall–Kier alpha value is -1.53. The van der Waals surface area contributed by atoms with Crippen molar-refractivity contribution in [2.45, 2.75) is 30.7 Å². The number of carbonyl (C=O) groups is 1. The predicted octanol–water partition coefficient (Wildman–Crippen LogP) is 3.22. The van der Waals surface area contributed by atoms with E-state index in [4.69, 9.17) is 0 Å². The van der Waals surface area contributed by atoms with Crippen molar-refractivity contribution >= 4 is 38.4 Å².